The molecule has 0 bridgehead atoms. The first-order valence-electron chi connectivity index (χ1n) is 6.92. The van der Waals surface area contributed by atoms with Crippen molar-refractivity contribution < 1.29 is 4.79 Å². The zero-order valence-corrected chi connectivity index (χ0v) is 12.5. The van der Waals surface area contributed by atoms with E-state index in [0.29, 0.717) is 13.1 Å². The van der Waals surface area contributed by atoms with E-state index in [0.717, 1.165) is 6.42 Å². The number of nitrogens with one attached hydrogen (secondary N) is 1. The van der Waals surface area contributed by atoms with Gasteiger partial charge in [0.2, 0.25) is 5.91 Å². The zero-order valence-electron chi connectivity index (χ0n) is 12.5. The smallest absolute Gasteiger partial charge is 0.222 e. The van der Waals surface area contributed by atoms with Gasteiger partial charge in [0, 0.05) is 17.9 Å². The van der Waals surface area contributed by atoms with Crippen molar-refractivity contribution in [1.82, 2.24) is 5.32 Å². The monoisotopic (exact) mass is 262 g/mol. The number of rotatable bonds is 6. The van der Waals surface area contributed by atoms with Crippen molar-refractivity contribution in [3.05, 3.63) is 35.4 Å². The molecule has 0 fully saturated rings. The predicted octanol–water partition coefficient (Wildman–Crippen LogP) is 2.37. The molecule has 1 amide bonds. The lowest BCUT2D eigenvalue weighted by Gasteiger charge is -2.28. The summed E-state index contributed by atoms with van der Waals surface area (Å²) in [6.07, 6.45) is 0.733. The Hall–Kier alpha value is -1.35. The topological polar surface area (TPSA) is 55.1 Å². The van der Waals surface area contributed by atoms with Gasteiger partial charge in [-0.15, -0.1) is 0 Å². The van der Waals surface area contributed by atoms with Crippen LogP contribution < -0.4 is 11.1 Å². The third kappa shape index (κ3) is 4.35. The van der Waals surface area contributed by atoms with Crippen LogP contribution in [0.25, 0.3) is 0 Å². The summed E-state index contributed by atoms with van der Waals surface area (Å²) in [6.45, 7) is 9.53. The van der Waals surface area contributed by atoms with E-state index >= 15 is 0 Å². The number of benzene rings is 1. The van der Waals surface area contributed by atoms with Crippen LogP contribution in [-0.2, 0) is 10.2 Å². The van der Waals surface area contributed by atoms with Crippen molar-refractivity contribution in [3.8, 4) is 0 Å². The average molecular weight is 262 g/mol. The van der Waals surface area contributed by atoms with E-state index in [-0.39, 0.29) is 17.2 Å². The quantitative estimate of drug-likeness (QED) is 0.827. The maximum absolute atomic E-state index is 11.9. The first-order chi connectivity index (χ1) is 8.88. The van der Waals surface area contributed by atoms with Crippen LogP contribution in [0.15, 0.2) is 24.3 Å². The maximum atomic E-state index is 11.9. The van der Waals surface area contributed by atoms with E-state index < -0.39 is 0 Å². The molecule has 1 unspecified atom stereocenters. The third-order valence-electron chi connectivity index (χ3n) is 3.63. The summed E-state index contributed by atoms with van der Waals surface area (Å²) in [7, 11) is 0. The van der Waals surface area contributed by atoms with Gasteiger partial charge in [-0.25, -0.2) is 0 Å². The molecule has 1 rings (SSSR count). The number of carbonyl (C=O) groups excluding carboxylic acids is 1. The summed E-state index contributed by atoms with van der Waals surface area (Å²) in [5.41, 5.74) is 7.95. The molecule has 0 aliphatic carbocycles. The molecule has 0 aromatic heterocycles. The molecule has 0 spiro atoms. The van der Waals surface area contributed by atoms with Crippen molar-refractivity contribution in [1.29, 1.82) is 0 Å². The van der Waals surface area contributed by atoms with Crippen molar-refractivity contribution in [3.63, 3.8) is 0 Å². The van der Waals surface area contributed by atoms with Crippen LogP contribution in [0.1, 0.15) is 38.3 Å². The lowest BCUT2D eigenvalue weighted by molar-refractivity contribution is -0.124. The molecule has 3 N–H and O–H groups in total. The molecular formula is C16H26N2O. The molecule has 1 atom stereocenters. The van der Waals surface area contributed by atoms with Gasteiger partial charge in [-0.05, 0) is 31.0 Å². The second-order valence-corrected chi connectivity index (χ2v) is 5.90. The molecular weight excluding hydrogens is 236 g/mol. The molecule has 1 aromatic rings. The number of amides is 1. The first kappa shape index (κ1) is 15.7. The van der Waals surface area contributed by atoms with Gasteiger partial charge >= 0.3 is 0 Å². The summed E-state index contributed by atoms with van der Waals surface area (Å²) in [6, 6.07) is 8.32. The first-order valence-corrected chi connectivity index (χ1v) is 6.92. The van der Waals surface area contributed by atoms with Gasteiger partial charge in [-0.2, -0.15) is 0 Å². The Kier molecular flexibility index (Phi) is 5.55. The molecule has 0 saturated heterocycles. The van der Waals surface area contributed by atoms with Crippen LogP contribution in [0.4, 0.5) is 0 Å². The lowest BCUT2D eigenvalue weighted by atomic mass is 9.82. The third-order valence-corrected chi connectivity index (χ3v) is 3.63. The largest absolute Gasteiger partial charge is 0.355 e. The van der Waals surface area contributed by atoms with E-state index in [1.165, 1.54) is 11.1 Å². The van der Waals surface area contributed by atoms with Gasteiger partial charge in [-0.1, -0.05) is 45.0 Å². The van der Waals surface area contributed by atoms with E-state index in [4.69, 9.17) is 5.73 Å². The minimum atomic E-state index is -0.0660. The predicted molar refractivity (Wildman–Crippen MR) is 80.1 cm³/mol. The fourth-order valence-corrected chi connectivity index (χ4v) is 2.29. The SMILES string of the molecule is Cc1ccccc1C(C)(C)CNC(=O)C(C)CCN. The molecule has 0 heterocycles. The van der Waals surface area contributed by atoms with Gasteiger partial charge in [0.15, 0.2) is 0 Å². The highest BCUT2D eigenvalue weighted by Crippen LogP contribution is 2.25. The Morgan fingerprint density at radius 1 is 1.37 bits per heavy atom. The molecule has 0 aliphatic rings. The maximum Gasteiger partial charge on any atom is 0.222 e. The van der Waals surface area contributed by atoms with Crippen molar-refractivity contribution in [2.75, 3.05) is 13.1 Å². The van der Waals surface area contributed by atoms with Gasteiger partial charge in [0.25, 0.3) is 0 Å². The summed E-state index contributed by atoms with van der Waals surface area (Å²) in [5, 5.41) is 3.04. The molecule has 0 radical (unpaired) electrons. The molecule has 3 nitrogen and oxygen atoms in total. The standard InChI is InChI=1S/C16H26N2O/c1-12-7-5-6-8-14(12)16(3,4)11-18-15(19)13(2)9-10-17/h5-8,13H,9-11,17H2,1-4H3,(H,18,19). The Bertz CT molecular complexity index is 427. The van der Waals surface area contributed by atoms with Crippen LogP contribution >= 0.6 is 0 Å². The van der Waals surface area contributed by atoms with Crippen LogP contribution in [0, 0.1) is 12.8 Å². The van der Waals surface area contributed by atoms with E-state index in [1.54, 1.807) is 0 Å². The average Bonchev–Trinajstić information content (AvgIpc) is 2.36. The Morgan fingerprint density at radius 3 is 2.58 bits per heavy atom. The Labute approximate surface area is 116 Å². The molecule has 0 aliphatic heterocycles. The highest BCUT2D eigenvalue weighted by molar-refractivity contribution is 5.78. The van der Waals surface area contributed by atoms with Gasteiger partial charge in [-0.3, -0.25) is 4.79 Å². The highest BCUT2D eigenvalue weighted by Gasteiger charge is 2.23. The van der Waals surface area contributed by atoms with Gasteiger partial charge in [0.1, 0.15) is 0 Å². The molecule has 1 aromatic carbocycles. The fourth-order valence-electron chi connectivity index (χ4n) is 2.29. The van der Waals surface area contributed by atoms with Crippen LogP contribution in [0.2, 0.25) is 0 Å². The molecule has 3 heteroatoms. The minimum Gasteiger partial charge on any atom is -0.355 e. The number of nitrogens with two attached hydrogens (primary N) is 1. The normalized spacial score (nSPS) is 13.1. The van der Waals surface area contributed by atoms with Crippen LogP contribution in [0.5, 0.6) is 0 Å². The van der Waals surface area contributed by atoms with Crippen LogP contribution in [0.3, 0.4) is 0 Å². The van der Waals surface area contributed by atoms with Gasteiger partial charge in [0.05, 0.1) is 0 Å². The molecule has 0 saturated carbocycles. The number of hydrogen-bond acceptors (Lipinski definition) is 2. The fraction of sp³-hybridized carbons (Fsp3) is 0.562. The highest BCUT2D eigenvalue weighted by atomic mass is 16.1. The molecule has 19 heavy (non-hydrogen) atoms. The van der Waals surface area contributed by atoms with E-state index in [9.17, 15) is 4.79 Å². The number of hydrogen-bond donors (Lipinski definition) is 2. The second kappa shape index (κ2) is 6.71. The van der Waals surface area contributed by atoms with Crippen molar-refractivity contribution >= 4 is 5.91 Å². The zero-order chi connectivity index (χ0) is 14.5. The summed E-state index contributed by atoms with van der Waals surface area (Å²) in [5.74, 6) is 0.0739. The van der Waals surface area contributed by atoms with E-state index in [1.807, 2.05) is 19.1 Å². The Morgan fingerprint density at radius 2 is 2.00 bits per heavy atom. The minimum absolute atomic E-state index is 0.0160. The van der Waals surface area contributed by atoms with Crippen molar-refractivity contribution in [2.24, 2.45) is 11.7 Å². The summed E-state index contributed by atoms with van der Waals surface area (Å²) >= 11 is 0. The molecule has 106 valence electrons. The Balaban J connectivity index is 2.66. The number of carbonyl (C=O) groups is 1. The van der Waals surface area contributed by atoms with Crippen molar-refractivity contribution in [2.45, 2.75) is 39.5 Å². The van der Waals surface area contributed by atoms with Gasteiger partial charge < -0.3 is 11.1 Å². The summed E-state index contributed by atoms with van der Waals surface area (Å²) in [4.78, 5) is 11.9. The van der Waals surface area contributed by atoms with Crippen LogP contribution in [-0.4, -0.2) is 19.0 Å². The summed E-state index contributed by atoms with van der Waals surface area (Å²) < 4.78 is 0. The lowest BCUT2D eigenvalue weighted by Crippen LogP contribution is -2.39. The second-order valence-electron chi connectivity index (χ2n) is 5.90. The number of aryl methyl sites for hydroxylation is 1. The van der Waals surface area contributed by atoms with E-state index in [2.05, 4.69) is 38.2 Å².